The first-order valence-corrected chi connectivity index (χ1v) is 10.2. The molecule has 9 heteroatoms. The highest BCUT2D eigenvalue weighted by atomic mass is 35.5. The van der Waals surface area contributed by atoms with Crippen LogP contribution in [0.15, 0.2) is 29.7 Å². The van der Waals surface area contributed by atoms with E-state index in [0.717, 1.165) is 21.0 Å². The van der Waals surface area contributed by atoms with Crippen LogP contribution in [0.2, 0.25) is 10.0 Å². The molecule has 3 heterocycles. The van der Waals surface area contributed by atoms with Crippen molar-refractivity contribution < 1.29 is 9.47 Å². The Balaban J connectivity index is 2.04. The molecule has 0 bridgehead atoms. The van der Waals surface area contributed by atoms with E-state index >= 15 is 0 Å². The molecule has 148 valence electrons. The zero-order valence-corrected chi connectivity index (χ0v) is 18.1. The third-order valence-electron chi connectivity index (χ3n) is 4.80. The van der Waals surface area contributed by atoms with Crippen LogP contribution in [-0.4, -0.2) is 17.3 Å². The summed E-state index contributed by atoms with van der Waals surface area (Å²) in [5.74, 6) is 0.102. The molecule has 0 saturated carbocycles. The van der Waals surface area contributed by atoms with Crippen LogP contribution >= 0.6 is 34.5 Å². The Bertz CT molecular complexity index is 1210. The summed E-state index contributed by atoms with van der Waals surface area (Å²) < 4.78 is 11.2. The SMILES string of the molecule is COc1c(Cl)cc(Cl)cc1C1C(C#N)=C(N)Oc2n[nH]c(-c3cc(C)sc3C)c21. The van der Waals surface area contributed by atoms with Crippen molar-refractivity contribution in [2.45, 2.75) is 19.8 Å². The quantitative estimate of drug-likeness (QED) is 0.569. The molecule has 6 nitrogen and oxygen atoms in total. The fraction of sp³-hybridized carbons (Fsp3) is 0.200. The number of benzene rings is 1. The maximum atomic E-state index is 9.88. The van der Waals surface area contributed by atoms with Gasteiger partial charge < -0.3 is 15.2 Å². The number of H-pyrrole nitrogens is 1. The number of allylic oxidation sites excluding steroid dienone is 1. The van der Waals surface area contributed by atoms with Crippen LogP contribution in [0.25, 0.3) is 11.3 Å². The van der Waals surface area contributed by atoms with Gasteiger partial charge in [-0.15, -0.1) is 16.4 Å². The molecule has 0 saturated heterocycles. The summed E-state index contributed by atoms with van der Waals surface area (Å²) in [5.41, 5.74) is 9.34. The van der Waals surface area contributed by atoms with Crippen LogP contribution in [0, 0.1) is 25.2 Å². The maximum Gasteiger partial charge on any atom is 0.244 e. The largest absolute Gasteiger partial charge is 0.495 e. The fourth-order valence-corrected chi connectivity index (χ4v) is 5.17. The number of aryl methyl sites for hydroxylation is 2. The van der Waals surface area contributed by atoms with Gasteiger partial charge in [0, 0.05) is 25.9 Å². The lowest BCUT2D eigenvalue weighted by atomic mass is 9.82. The van der Waals surface area contributed by atoms with Gasteiger partial charge in [0.25, 0.3) is 0 Å². The van der Waals surface area contributed by atoms with E-state index < -0.39 is 5.92 Å². The van der Waals surface area contributed by atoms with Gasteiger partial charge in [-0.25, -0.2) is 0 Å². The molecule has 1 atom stereocenters. The topological polar surface area (TPSA) is 96.9 Å². The number of nitriles is 1. The van der Waals surface area contributed by atoms with Crippen LogP contribution in [0.3, 0.4) is 0 Å². The lowest BCUT2D eigenvalue weighted by molar-refractivity contribution is 0.375. The molecular formula is C20H16Cl2N4O2S. The predicted octanol–water partition coefficient (Wildman–Crippen LogP) is 5.29. The number of ether oxygens (including phenoxy) is 2. The molecule has 1 aliphatic heterocycles. The highest BCUT2D eigenvalue weighted by molar-refractivity contribution is 7.12. The minimum absolute atomic E-state index is 0.0144. The Hall–Kier alpha value is -2.66. The van der Waals surface area contributed by atoms with Crippen LogP contribution in [0.1, 0.15) is 26.8 Å². The molecule has 0 spiro atoms. The van der Waals surface area contributed by atoms with E-state index in [1.54, 1.807) is 23.5 Å². The number of hydrogen-bond acceptors (Lipinski definition) is 6. The van der Waals surface area contributed by atoms with Crippen LogP contribution < -0.4 is 15.2 Å². The van der Waals surface area contributed by atoms with Gasteiger partial charge in [-0.05, 0) is 32.0 Å². The van der Waals surface area contributed by atoms with E-state index in [0.29, 0.717) is 32.8 Å². The lowest BCUT2D eigenvalue weighted by Crippen LogP contribution is -2.21. The van der Waals surface area contributed by atoms with Crippen LogP contribution in [0.4, 0.5) is 0 Å². The van der Waals surface area contributed by atoms with Gasteiger partial charge in [0.2, 0.25) is 11.8 Å². The van der Waals surface area contributed by atoms with E-state index in [1.165, 1.54) is 7.11 Å². The van der Waals surface area contributed by atoms with Crippen molar-refractivity contribution in [3.05, 3.63) is 60.6 Å². The van der Waals surface area contributed by atoms with Gasteiger partial charge in [0.15, 0.2) is 0 Å². The standard InChI is InChI=1S/C20H16Cl2N4O2S/c1-8-4-11(9(2)29-8)17-16-15(12-5-10(21)6-14(22)18(12)27-3)13(7-23)19(24)28-20(16)26-25-17/h4-6,15H,24H2,1-3H3,(H,25,26). The summed E-state index contributed by atoms with van der Waals surface area (Å²) in [4.78, 5) is 2.28. The molecule has 3 aromatic rings. The smallest absolute Gasteiger partial charge is 0.244 e. The van der Waals surface area contributed by atoms with E-state index in [1.807, 2.05) is 13.8 Å². The number of nitrogens with one attached hydrogen (secondary N) is 1. The number of hydrogen-bond donors (Lipinski definition) is 2. The van der Waals surface area contributed by atoms with Crippen LogP contribution in [0.5, 0.6) is 11.6 Å². The second-order valence-corrected chi connectivity index (χ2v) is 8.88. The summed E-state index contributed by atoms with van der Waals surface area (Å²) in [7, 11) is 1.51. The minimum Gasteiger partial charge on any atom is -0.495 e. The number of nitrogens with two attached hydrogens (primary N) is 1. The number of fused-ring (bicyclic) bond motifs is 1. The summed E-state index contributed by atoms with van der Waals surface area (Å²) in [5, 5.41) is 18.0. The van der Waals surface area contributed by atoms with Crippen LogP contribution in [-0.2, 0) is 0 Å². The minimum atomic E-state index is -0.608. The average molecular weight is 447 g/mol. The number of halogens is 2. The van der Waals surface area contributed by atoms with Crippen molar-refractivity contribution in [3.8, 4) is 29.0 Å². The highest BCUT2D eigenvalue weighted by Crippen LogP contribution is 2.50. The van der Waals surface area contributed by atoms with Gasteiger partial charge in [0.1, 0.15) is 17.4 Å². The number of aromatic amines is 1. The molecule has 1 unspecified atom stereocenters. The summed E-state index contributed by atoms with van der Waals surface area (Å²) in [6.45, 7) is 4.07. The molecule has 0 radical (unpaired) electrons. The molecule has 3 N–H and O–H groups in total. The van der Waals surface area contributed by atoms with Gasteiger partial charge in [-0.2, -0.15) is 5.26 Å². The van der Waals surface area contributed by atoms with Crippen molar-refractivity contribution in [3.63, 3.8) is 0 Å². The second-order valence-electron chi connectivity index (χ2n) is 6.58. The Morgan fingerprint density at radius 2 is 2.07 bits per heavy atom. The maximum absolute atomic E-state index is 9.88. The second kappa shape index (κ2) is 7.30. The Morgan fingerprint density at radius 1 is 1.31 bits per heavy atom. The van der Waals surface area contributed by atoms with Gasteiger partial charge in [-0.1, -0.05) is 23.2 Å². The monoisotopic (exact) mass is 446 g/mol. The first-order valence-electron chi connectivity index (χ1n) is 8.61. The molecular weight excluding hydrogens is 431 g/mol. The molecule has 2 aromatic heterocycles. The summed E-state index contributed by atoms with van der Waals surface area (Å²) in [6, 6.07) is 7.55. The number of methoxy groups -OCH3 is 1. The van der Waals surface area contributed by atoms with Gasteiger partial charge in [0.05, 0.1) is 29.3 Å². The third-order valence-corrected chi connectivity index (χ3v) is 6.27. The molecule has 0 fully saturated rings. The molecule has 0 aliphatic carbocycles. The number of thiophene rings is 1. The predicted molar refractivity (Wildman–Crippen MR) is 114 cm³/mol. The van der Waals surface area contributed by atoms with Crippen molar-refractivity contribution in [2.24, 2.45) is 5.73 Å². The summed E-state index contributed by atoms with van der Waals surface area (Å²) >= 11 is 14.3. The van der Waals surface area contributed by atoms with E-state index in [-0.39, 0.29) is 11.5 Å². The van der Waals surface area contributed by atoms with E-state index in [2.05, 4.69) is 22.3 Å². The Labute approximate surface area is 181 Å². The fourth-order valence-electron chi connectivity index (χ4n) is 3.65. The Morgan fingerprint density at radius 3 is 2.69 bits per heavy atom. The van der Waals surface area contributed by atoms with E-state index in [4.69, 9.17) is 38.4 Å². The van der Waals surface area contributed by atoms with Crippen molar-refractivity contribution >= 4 is 34.5 Å². The molecule has 29 heavy (non-hydrogen) atoms. The number of rotatable bonds is 3. The molecule has 1 aliphatic rings. The lowest BCUT2D eigenvalue weighted by Gasteiger charge is -2.26. The first kappa shape index (κ1) is 19.6. The van der Waals surface area contributed by atoms with Gasteiger partial charge in [-0.3, -0.25) is 5.10 Å². The number of aromatic nitrogens is 2. The zero-order valence-electron chi connectivity index (χ0n) is 15.8. The summed E-state index contributed by atoms with van der Waals surface area (Å²) in [6.07, 6.45) is 0. The molecule has 4 rings (SSSR count). The Kier molecular flexibility index (Phi) is 4.95. The first-order chi connectivity index (χ1) is 13.8. The van der Waals surface area contributed by atoms with Crippen molar-refractivity contribution in [2.75, 3.05) is 7.11 Å². The number of nitrogens with zero attached hydrogens (tertiary/aromatic N) is 2. The molecule has 0 amide bonds. The van der Waals surface area contributed by atoms with Crippen molar-refractivity contribution in [1.82, 2.24) is 10.2 Å². The van der Waals surface area contributed by atoms with Crippen molar-refractivity contribution in [1.29, 1.82) is 5.26 Å². The molecule has 1 aromatic carbocycles. The highest BCUT2D eigenvalue weighted by Gasteiger charge is 2.38. The average Bonchev–Trinajstić information content (AvgIpc) is 3.21. The normalized spacial score (nSPS) is 15.7. The third kappa shape index (κ3) is 3.14. The van der Waals surface area contributed by atoms with E-state index in [9.17, 15) is 5.26 Å². The zero-order chi connectivity index (χ0) is 20.9. The van der Waals surface area contributed by atoms with Gasteiger partial charge >= 0.3 is 0 Å².